The minimum absolute atomic E-state index is 0.0330. The van der Waals surface area contributed by atoms with E-state index in [-0.39, 0.29) is 35.7 Å². The Hall–Kier alpha value is -1.39. The van der Waals surface area contributed by atoms with Crippen molar-refractivity contribution in [2.75, 3.05) is 0 Å². The Morgan fingerprint density at radius 3 is 2.33 bits per heavy atom. The smallest absolute Gasteiger partial charge is 0.309 e. The number of esters is 1. The van der Waals surface area contributed by atoms with Crippen molar-refractivity contribution in [3.05, 3.63) is 0 Å². The van der Waals surface area contributed by atoms with E-state index in [1.165, 1.54) is 0 Å². The Morgan fingerprint density at radius 2 is 1.76 bits per heavy atom. The van der Waals surface area contributed by atoms with Gasteiger partial charge in [0.15, 0.2) is 6.10 Å². The molecule has 3 unspecified atom stereocenters. The zero-order valence-corrected chi connectivity index (χ0v) is 12.5. The average molecular weight is 293 g/mol. The second-order valence-corrected chi connectivity index (χ2v) is 6.76. The third-order valence-corrected chi connectivity index (χ3v) is 4.97. The number of hydrogen-bond acceptors (Lipinski definition) is 4. The van der Waals surface area contributed by atoms with Gasteiger partial charge in [-0.25, -0.2) is 0 Å². The van der Waals surface area contributed by atoms with E-state index in [0.717, 1.165) is 32.1 Å². The summed E-state index contributed by atoms with van der Waals surface area (Å²) in [5.74, 6) is -0.328. The molecule has 3 saturated carbocycles. The molecule has 3 rings (SSSR count). The first-order valence-corrected chi connectivity index (χ1v) is 8.09. The molecule has 2 bridgehead atoms. The molecule has 0 aromatic rings. The highest BCUT2D eigenvalue weighted by atomic mass is 16.5. The van der Waals surface area contributed by atoms with Crippen LogP contribution in [0, 0.1) is 17.8 Å². The molecule has 0 aromatic heterocycles. The summed E-state index contributed by atoms with van der Waals surface area (Å²) in [5.41, 5.74) is 0. The fourth-order valence-electron chi connectivity index (χ4n) is 3.54. The normalized spacial score (nSPS) is 33.2. The van der Waals surface area contributed by atoms with Crippen molar-refractivity contribution >= 4 is 17.7 Å². The van der Waals surface area contributed by atoms with Crippen LogP contribution in [-0.2, 0) is 19.1 Å². The van der Waals surface area contributed by atoms with E-state index in [2.05, 4.69) is 5.32 Å². The Balaban J connectivity index is 1.53. The van der Waals surface area contributed by atoms with Crippen LogP contribution >= 0.6 is 0 Å². The van der Waals surface area contributed by atoms with Gasteiger partial charge in [-0.05, 0) is 45.4 Å². The number of carbonyl (C=O) groups excluding carboxylic acids is 3. The standard InChI is InChI=1S/C16H23NO4/c1-9(15(19)17-13-5-6-13)21-16(20)12-7-10-3-2-4-11(8-12)14(10)18/h9-13H,2-8H2,1H3,(H,17,19). The molecule has 116 valence electrons. The summed E-state index contributed by atoms with van der Waals surface area (Å²) in [7, 11) is 0. The van der Waals surface area contributed by atoms with Crippen LogP contribution in [0.4, 0.5) is 0 Å². The van der Waals surface area contributed by atoms with Gasteiger partial charge in [-0.1, -0.05) is 6.42 Å². The first kappa shape index (κ1) is 14.5. The molecule has 0 saturated heterocycles. The average Bonchev–Trinajstić information content (AvgIpc) is 3.22. The van der Waals surface area contributed by atoms with E-state index in [1.807, 2.05) is 0 Å². The van der Waals surface area contributed by atoms with E-state index in [1.54, 1.807) is 6.92 Å². The number of Topliss-reactive ketones (excluding diaryl/α,β-unsaturated/α-hetero) is 1. The molecule has 5 nitrogen and oxygen atoms in total. The van der Waals surface area contributed by atoms with E-state index < -0.39 is 6.10 Å². The van der Waals surface area contributed by atoms with Crippen molar-refractivity contribution in [2.45, 2.75) is 64.0 Å². The molecule has 21 heavy (non-hydrogen) atoms. The Morgan fingerprint density at radius 1 is 1.14 bits per heavy atom. The molecule has 0 aliphatic heterocycles. The van der Waals surface area contributed by atoms with Crippen LogP contribution in [-0.4, -0.2) is 29.8 Å². The van der Waals surface area contributed by atoms with Gasteiger partial charge < -0.3 is 10.1 Å². The fourth-order valence-corrected chi connectivity index (χ4v) is 3.54. The summed E-state index contributed by atoms with van der Waals surface area (Å²) >= 11 is 0. The second-order valence-electron chi connectivity index (χ2n) is 6.76. The fraction of sp³-hybridized carbons (Fsp3) is 0.812. The summed E-state index contributed by atoms with van der Waals surface area (Å²) in [4.78, 5) is 36.1. The maximum absolute atomic E-state index is 12.2. The van der Waals surface area contributed by atoms with E-state index >= 15 is 0 Å². The summed E-state index contributed by atoms with van der Waals surface area (Å²) in [6, 6.07) is 0.269. The molecule has 0 heterocycles. The highest BCUT2D eigenvalue weighted by Gasteiger charge is 2.42. The van der Waals surface area contributed by atoms with Crippen molar-refractivity contribution in [1.29, 1.82) is 0 Å². The van der Waals surface area contributed by atoms with Gasteiger partial charge in [0.25, 0.3) is 5.91 Å². The largest absolute Gasteiger partial charge is 0.452 e. The highest BCUT2D eigenvalue weighted by Crippen LogP contribution is 2.40. The van der Waals surface area contributed by atoms with E-state index in [4.69, 9.17) is 4.74 Å². The SMILES string of the molecule is CC(OC(=O)C1CC2CCCC(C1)C2=O)C(=O)NC1CC1. The molecular formula is C16H23NO4. The number of amides is 1. The van der Waals surface area contributed by atoms with Crippen LogP contribution < -0.4 is 5.32 Å². The monoisotopic (exact) mass is 293 g/mol. The summed E-state index contributed by atoms with van der Waals surface area (Å²) < 4.78 is 5.32. The number of fused-ring (bicyclic) bond motifs is 2. The van der Waals surface area contributed by atoms with Crippen molar-refractivity contribution in [2.24, 2.45) is 17.8 Å². The molecule has 0 aromatic carbocycles. The van der Waals surface area contributed by atoms with Gasteiger partial charge in [0.05, 0.1) is 5.92 Å². The first-order chi connectivity index (χ1) is 10.0. The van der Waals surface area contributed by atoms with Crippen LogP contribution in [0.5, 0.6) is 0 Å². The molecular weight excluding hydrogens is 270 g/mol. The van der Waals surface area contributed by atoms with Crippen LogP contribution in [0.2, 0.25) is 0 Å². The number of rotatable bonds is 4. The summed E-state index contributed by atoms with van der Waals surface area (Å²) in [6.45, 7) is 1.62. The quantitative estimate of drug-likeness (QED) is 0.799. The molecule has 1 amide bonds. The third kappa shape index (κ3) is 3.27. The highest BCUT2D eigenvalue weighted by molar-refractivity contribution is 5.88. The number of carbonyl (C=O) groups is 3. The van der Waals surface area contributed by atoms with Gasteiger partial charge in [0.2, 0.25) is 0 Å². The van der Waals surface area contributed by atoms with E-state index in [0.29, 0.717) is 18.6 Å². The molecule has 3 aliphatic carbocycles. The Labute approximate surface area is 124 Å². The van der Waals surface area contributed by atoms with Gasteiger partial charge >= 0.3 is 5.97 Å². The maximum atomic E-state index is 12.2. The van der Waals surface area contributed by atoms with Crippen molar-refractivity contribution < 1.29 is 19.1 Å². The van der Waals surface area contributed by atoms with E-state index in [9.17, 15) is 14.4 Å². The minimum atomic E-state index is -0.740. The molecule has 5 heteroatoms. The number of ketones is 1. The molecule has 3 atom stereocenters. The van der Waals surface area contributed by atoms with Gasteiger partial charge in [0, 0.05) is 17.9 Å². The zero-order valence-electron chi connectivity index (χ0n) is 12.5. The zero-order chi connectivity index (χ0) is 15.0. The minimum Gasteiger partial charge on any atom is -0.452 e. The molecule has 0 spiro atoms. The molecule has 0 radical (unpaired) electrons. The predicted octanol–water partition coefficient (Wildman–Crippen LogP) is 1.59. The predicted molar refractivity (Wildman–Crippen MR) is 75.3 cm³/mol. The second kappa shape index (κ2) is 5.78. The lowest BCUT2D eigenvalue weighted by Crippen LogP contribution is -2.42. The lowest BCUT2D eigenvalue weighted by molar-refractivity contribution is -0.162. The van der Waals surface area contributed by atoms with Crippen LogP contribution in [0.25, 0.3) is 0 Å². The Bertz CT molecular complexity index is 441. The topological polar surface area (TPSA) is 72.5 Å². The van der Waals surface area contributed by atoms with Gasteiger partial charge in [-0.3, -0.25) is 14.4 Å². The van der Waals surface area contributed by atoms with Gasteiger partial charge in [0.1, 0.15) is 5.78 Å². The summed E-state index contributed by atoms with van der Waals surface area (Å²) in [6.07, 6.45) is 5.38. The number of hydrogen-bond donors (Lipinski definition) is 1. The summed E-state index contributed by atoms with van der Waals surface area (Å²) in [5, 5.41) is 2.84. The van der Waals surface area contributed by atoms with Crippen LogP contribution in [0.3, 0.4) is 0 Å². The lowest BCUT2D eigenvalue weighted by Gasteiger charge is -2.36. The number of ether oxygens (including phenoxy) is 1. The maximum Gasteiger partial charge on any atom is 0.309 e. The molecule has 1 N–H and O–H groups in total. The van der Waals surface area contributed by atoms with Crippen molar-refractivity contribution in [1.82, 2.24) is 5.32 Å². The van der Waals surface area contributed by atoms with Crippen LogP contribution in [0.15, 0.2) is 0 Å². The van der Waals surface area contributed by atoms with Gasteiger partial charge in [-0.2, -0.15) is 0 Å². The van der Waals surface area contributed by atoms with Crippen LogP contribution in [0.1, 0.15) is 51.9 Å². The van der Waals surface area contributed by atoms with Crippen molar-refractivity contribution in [3.8, 4) is 0 Å². The third-order valence-electron chi connectivity index (χ3n) is 4.97. The first-order valence-electron chi connectivity index (χ1n) is 8.09. The Kier molecular flexibility index (Phi) is 4.00. The van der Waals surface area contributed by atoms with Gasteiger partial charge in [-0.15, -0.1) is 0 Å². The molecule has 3 aliphatic rings. The van der Waals surface area contributed by atoms with Crippen molar-refractivity contribution in [3.63, 3.8) is 0 Å². The number of nitrogens with one attached hydrogen (secondary N) is 1. The lowest BCUT2D eigenvalue weighted by atomic mass is 9.67. The molecule has 3 fully saturated rings.